The molecule has 0 unspecified atom stereocenters. The summed E-state index contributed by atoms with van der Waals surface area (Å²) in [6.45, 7) is 0. The first-order chi connectivity index (χ1) is 4.30. The van der Waals surface area contributed by atoms with Gasteiger partial charge in [-0.2, -0.15) is 0 Å². The summed E-state index contributed by atoms with van der Waals surface area (Å²) in [5, 5.41) is 8.31. The predicted molar refractivity (Wildman–Crippen MR) is 36.4 cm³/mol. The molecule has 1 rings (SSSR count). The van der Waals surface area contributed by atoms with Gasteiger partial charge in [0.1, 0.15) is 0 Å². The van der Waals surface area contributed by atoms with Crippen LogP contribution < -0.4 is 0 Å². The summed E-state index contributed by atoms with van der Waals surface area (Å²) >= 11 is 0. The number of rotatable bonds is 1. The van der Waals surface area contributed by atoms with Gasteiger partial charge in [-0.05, 0) is 11.8 Å². The molecule has 5 heteroatoms. The topological polar surface area (TPSA) is 50.2 Å². The van der Waals surface area contributed by atoms with Crippen molar-refractivity contribution in [1.29, 1.82) is 0 Å². The van der Waals surface area contributed by atoms with E-state index in [9.17, 15) is 4.79 Å². The summed E-state index contributed by atoms with van der Waals surface area (Å²) in [6, 6.07) is 3.00. The van der Waals surface area contributed by atoms with Gasteiger partial charge in [0.05, 0.1) is 0 Å². The zero-order valence-corrected chi connectivity index (χ0v) is 10.8. The van der Waals surface area contributed by atoms with E-state index in [2.05, 4.69) is 11.2 Å². The molecule has 0 aliphatic carbocycles. The molecule has 3 nitrogen and oxygen atoms in total. The van der Waals surface area contributed by atoms with Crippen LogP contribution in [0.2, 0.25) is 0 Å². The summed E-state index contributed by atoms with van der Waals surface area (Å²) in [7, 11) is 0. The Kier molecular flexibility index (Phi) is 14.2. The Hall–Kier alpha value is 0.308. The largest absolute Gasteiger partial charge is 0.521 e. The number of nitrogens with zero attached hydrogens (tertiary/aromatic N) is 1. The first-order valence-electron chi connectivity index (χ1n) is 2.36. The third-order valence-corrected chi connectivity index (χ3v) is 0.839. The minimum Gasteiger partial charge on any atom is -0.521 e. The molecule has 0 aromatic carbocycles. The molecule has 0 amide bonds. The van der Waals surface area contributed by atoms with Crippen LogP contribution in [-0.2, 0) is 51.3 Å². The van der Waals surface area contributed by atoms with Crippen LogP contribution in [0.1, 0.15) is 10.4 Å². The second kappa shape index (κ2) is 9.40. The number of carbonyl (C=O) groups is 1. The van der Waals surface area contributed by atoms with Gasteiger partial charge in [0, 0.05) is 51.3 Å². The second-order valence-electron chi connectivity index (χ2n) is 1.47. The molecule has 12 heavy (non-hydrogen) atoms. The van der Waals surface area contributed by atoms with Crippen LogP contribution in [0.15, 0.2) is 18.3 Å². The van der Waals surface area contributed by atoms with Crippen molar-refractivity contribution >= 4 is 5.97 Å². The number of hydrogen-bond donors (Lipinski definition) is 1. The molecule has 0 fully saturated rings. The molecule has 62 valence electrons. The van der Waals surface area contributed by atoms with E-state index >= 15 is 0 Å². The molecule has 0 atom stereocenters. The molecule has 2 radical (unpaired) electrons. The molecule has 0 saturated heterocycles. The van der Waals surface area contributed by atoms with Crippen molar-refractivity contribution in [1.82, 2.24) is 4.98 Å². The van der Waals surface area contributed by atoms with E-state index in [0.717, 1.165) is 0 Å². The summed E-state index contributed by atoms with van der Waals surface area (Å²) in [5.41, 5.74) is 0.0949. The van der Waals surface area contributed by atoms with Crippen molar-refractivity contribution in [2.45, 2.75) is 0 Å². The maximum Gasteiger partial charge on any atom is 0.249 e. The second-order valence-corrected chi connectivity index (χ2v) is 1.47. The van der Waals surface area contributed by atoms with Gasteiger partial charge in [-0.1, -0.05) is 6.20 Å². The standard InChI is InChI=1S/C6H4NO2.CH3.V.Y/c8-6(9)5-2-1-3-7-4-5;;;/h1-3H,(H,8,9);1H3;;/q2*-1;;. The number of carboxylic acids is 1. The Labute approximate surface area is 109 Å². The number of carboxylic acid groups (broad SMARTS) is 1. The number of aromatic nitrogens is 1. The van der Waals surface area contributed by atoms with E-state index in [1.807, 2.05) is 0 Å². The van der Waals surface area contributed by atoms with Crippen LogP contribution in [-0.4, -0.2) is 16.1 Å². The van der Waals surface area contributed by atoms with Gasteiger partial charge in [0.25, 0.3) is 0 Å². The third kappa shape index (κ3) is 5.90. The Bertz CT molecular complexity index is 218. The molecule has 1 N–H and O–H groups in total. The first-order valence-corrected chi connectivity index (χ1v) is 2.36. The van der Waals surface area contributed by atoms with E-state index < -0.39 is 5.97 Å². The van der Waals surface area contributed by atoms with Crippen molar-refractivity contribution in [3.05, 3.63) is 37.5 Å². The molecular weight excluding hydrogens is 270 g/mol. The third-order valence-electron chi connectivity index (χ3n) is 0.839. The molecule has 0 bridgehead atoms. The summed E-state index contributed by atoms with van der Waals surface area (Å²) in [5.74, 6) is -0.997. The van der Waals surface area contributed by atoms with Gasteiger partial charge in [-0.15, -0.1) is 12.1 Å². The van der Waals surface area contributed by atoms with E-state index in [1.54, 1.807) is 6.07 Å². The fourth-order valence-corrected chi connectivity index (χ4v) is 0.445. The average molecular weight is 277 g/mol. The molecule has 0 aliphatic rings. The molecule has 0 aliphatic heterocycles. The maximum absolute atomic E-state index is 10.1. The van der Waals surface area contributed by atoms with Crippen molar-refractivity contribution in [3.63, 3.8) is 0 Å². The smallest absolute Gasteiger partial charge is 0.249 e. The Morgan fingerprint density at radius 1 is 1.58 bits per heavy atom. The average Bonchev–Trinajstić information content (AvgIpc) is 1.90. The van der Waals surface area contributed by atoms with Crippen LogP contribution in [0.5, 0.6) is 0 Å². The first kappa shape index (κ1) is 18.2. The van der Waals surface area contributed by atoms with E-state index in [4.69, 9.17) is 5.11 Å². The molecule has 1 aromatic rings. The molecular formula is C7H7NO2VY-2. The van der Waals surface area contributed by atoms with E-state index in [-0.39, 0.29) is 64.3 Å². The summed E-state index contributed by atoms with van der Waals surface area (Å²) in [4.78, 5) is 13.6. The van der Waals surface area contributed by atoms with Gasteiger partial charge < -0.3 is 22.3 Å². The number of hydrogen-bond acceptors (Lipinski definition) is 2. The Balaban J connectivity index is -0.000000270. The SMILES string of the molecule is O=C(O)c1[c-]nccc1.[CH3-].[V].[Y]. The fraction of sp³-hybridized carbons (Fsp3) is 0. The van der Waals surface area contributed by atoms with Crippen molar-refractivity contribution in [2.75, 3.05) is 0 Å². The quantitative estimate of drug-likeness (QED) is 0.780. The van der Waals surface area contributed by atoms with Crippen LogP contribution in [0.25, 0.3) is 0 Å². The summed E-state index contributed by atoms with van der Waals surface area (Å²) in [6.07, 6.45) is 3.80. The summed E-state index contributed by atoms with van der Waals surface area (Å²) < 4.78 is 0. The number of aromatic carboxylic acids is 1. The molecule has 1 heterocycles. The zero-order chi connectivity index (χ0) is 6.69. The van der Waals surface area contributed by atoms with E-state index in [1.165, 1.54) is 12.3 Å². The molecule has 0 spiro atoms. The predicted octanol–water partition coefficient (Wildman–Crippen LogP) is 1.03. The van der Waals surface area contributed by atoms with Gasteiger partial charge in [-0.25, -0.2) is 0 Å². The van der Waals surface area contributed by atoms with Crippen LogP contribution in [0.3, 0.4) is 0 Å². The fourth-order valence-electron chi connectivity index (χ4n) is 0.445. The number of pyridine rings is 1. The Morgan fingerprint density at radius 2 is 2.17 bits per heavy atom. The Morgan fingerprint density at radius 3 is 2.42 bits per heavy atom. The zero-order valence-electron chi connectivity index (χ0n) is 6.56. The van der Waals surface area contributed by atoms with Crippen LogP contribution in [0, 0.1) is 13.6 Å². The van der Waals surface area contributed by atoms with Crippen LogP contribution >= 0.6 is 0 Å². The normalized spacial score (nSPS) is 6.67. The van der Waals surface area contributed by atoms with Crippen molar-refractivity contribution in [3.8, 4) is 0 Å². The molecule has 1 aromatic heterocycles. The van der Waals surface area contributed by atoms with Crippen LogP contribution in [0.4, 0.5) is 0 Å². The van der Waals surface area contributed by atoms with Gasteiger partial charge in [-0.3, -0.25) is 0 Å². The minimum absolute atomic E-state index is 0. The van der Waals surface area contributed by atoms with Gasteiger partial charge in [0.2, 0.25) is 5.97 Å². The van der Waals surface area contributed by atoms with Crippen molar-refractivity contribution < 1.29 is 61.2 Å². The monoisotopic (exact) mass is 277 g/mol. The van der Waals surface area contributed by atoms with E-state index in [0.29, 0.717) is 0 Å². The molecule has 0 saturated carbocycles. The van der Waals surface area contributed by atoms with Gasteiger partial charge in [0.15, 0.2) is 0 Å². The minimum atomic E-state index is -0.997. The van der Waals surface area contributed by atoms with Gasteiger partial charge >= 0.3 is 0 Å². The van der Waals surface area contributed by atoms with Crippen molar-refractivity contribution in [2.24, 2.45) is 0 Å². The maximum atomic E-state index is 10.1.